The highest BCUT2D eigenvalue weighted by Gasteiger charge is 2.22. The smallest absolute Gasteiger partial charge is 0.332 e. The van der Waals surface area contributed by atoms with Gasteiger partial charge in [0, 0.05) is 26.0 Å². The van der Waals surface area contributed by atoms with Gasteiger partial charge in [-0.05, 0) is 19.4 Å². The van der Waals surface area contributed by atoms with Gasteiger partial charge in [0.15, 0.2) is 11.2 Å². The lowest BCUT2D eigenvalue weighted by molar-refractivity contribution is 0.184. The molecule has 0 aliphatic heterocycles. The number of imidazole rings is 2. The summed E-state index contributed by atoms with van der Waals surface area (Å²) in [5.74, 6) is 0.639. The van der Waals surface area contributed by atoms with Crippen LogP contribution in [-0.4, -0.2) is 36.8 Å². The first-order chi connectivity index (χ1) is 13.5. The predicted octanol–water partition coefficient (Wildman–Crippen LogP) is 1.71. The molecule has 1 atom stereocenters. The number of hydrogen-bond donors (Lipinski definition) is 0. The van der Waals surface area contributed by atoms with Crippen molar-refractivity contribution in [2.75, 3.05) is 13.7 Å². The molecule has 146 valence electrons. The monoisotopic (exact) mass is 381 g/mol. The van der Waals surface area contributed by atoms with Crippen molar-refractivity contribution in [3.63, 3.8) is 0 Å². The van der Waals surface area contributed by atoms with Crippen LogP contribution in [0, 0.1) is 6.92 Å². The second-order valence-electron chi connectivity index (χ2n) is 6.97. The minimum atomic E-state index is -0.394. The number of aromatic nitrogens is 5. The summed E-state index contributed by atoms with van der Waals surface area (Å²) in [5, 5.41) is 0. The third-order valence-corrected chi connectivity index (χ3v) is 5.26. The second kappa shape index (κ2) is 6.79. The highest BCUT2D eigenvalue weighted by Crippen LogP contribution is 2.25. The molecule has 0 aliphatic carbocycles. The molecule has 0 spiro atoms. The lowest BCUT2D eigenvalue weighted by Crippen LogP contribution is -2.40. The van der Waals surface area contributed by atoms with Crippen molar-refractivity contribution in [3.05, 3.63) is 68.6 Å². The Morgan fingerprint density at radius 2 is 1.89 bits per heavy atom. The minimum absolute atomic E-state index is 0.0308. The summed E-state index contributed by atoms with van der Waals surface area (Å²) in [6.07, 6.45) is 1.90. The van der Waals surface area contributed by atoms with E-state index in [2.05, 4.69) is 28.6 Å². The van der Waals surface area contributed by atoms with E-state index in [9.17, 15) is 9.59 Å². The van der Waals surface area contributed by atoms with Crippen molar-refractivity contribution in [2.45, 2.75) is 26.4 Å². The van der Waals surface area contributed by atoms with Gasteiger partial charge in [0.05, 0.1) is 19.2 Å². The molecule has 4 aromatic rings. The zero-order chi connectivity index (χ0) is 20.0. The normalized spacial score (nSPS) is 12.9. The van der Waals surface area contributed by atoms with Crippen LogP contribution in [0.2, 0.25) is 0 Å². The lowest BCUT2D eigenvalue weighted by Gasteiger charge is -2.16. The SMILES string of the molecule is COCCn1c(=O)c2c(nc3n([C@@H](C)c4ccccc4)c(C)cn23)n(C)c1=O. The first-order valence-corrected chi connectivity index (χ1v) is 9.19. The molecule has 1 aromatic carbocycles. The largest absolute Gasteiger partial charge is 0.383 e. The average Bonchev–Trinajstić information content (AvgIpc) is 3.21. The van der Waals surface area contributed by atoms with E-state index in [0.717, 1.165) is 11.3 Å². The summed E-state index contributed by atoms with van der Waals surface area (Å²) in [6, 6.07) is 10.1. The Bertz CT molecular complexity index is 1280. The molecule has 0 N–H and O–H groups in total. The molecule has 0 bridgehead atoms. The standard InChI is InChI=1S/C20H23N5O3/c1-13-12-24-16-17(22(3)20(27)23(18(16)26)10-11-28-4)21-19(24)25(13)14(2)15-8-6-5-7-9-15/h5-9,12,14H,10-11H2,1-4H3/t14-/m0/s1. The number of ether oxygens (including phenoxy) is 1. The van der Waals surface area contributed by atoms with Gasteiger partial charge in [0.25, 0.3) is 5.56 Å². The number of rotatable bonds is 5. The predicted molar refractivity (Wildman–Crippen MR) is 107 cm³/mol. The molecule has 0 radical (unpaired) electrons. The summed E-state index contributed by atoms with van der Waals surface area (Å²) in [4.78, 5) is 30.4. The Balaban J connectivity index is 2.01. The summed E-state index contributed by atoms with van der Waals surface area (Å²) >= 11 is 0. The number of hydrogen-bond acceptors (Lipinski definition) is 4. The lowest BCUT2D eigenvalue weighted by atomic mass is 10.1. The van der Waals surface area contributed by atoms with E-state index < -0.39 is 5.69 Å². The number of aryl methyl sites for hydroxylation is 2. The first kappa shape index (κ1) is 18.2. The van der Waals surface area contributed by atoms with Crippen LogP contribution in [0.3, 0.4) is 0 Å². The molecule has 4 rings (SSSR count). The Kier molecular flexibility index (Phi) is 4.43. The van der Waals surface area contributed by atoms with Crippen LogP contribution in [0.1, 0.15) is 24.2 Å². The summed E-state index contributed by atoms with van der Waals surface area (Å²) < 4.78 is 11.5. The maximum atomic E-state index is 13.1. The van der Waals surface area contributed by atoms with Crippen molar-refractivity contribution in [1.82, 2.24) is 23.1 Å². The van der Waals surface area contributed by atoms with Crippen LogP contribution in [0.25, 0.3) is 16.9 Å². The van der Waals surface area contributed by atoms with Crippen LogP contribution < -0.4 is 11.2 Å². The van der Waals surface area contributed by atoms with Gasteiger partial charge in [-0.25, -0.2) is 4.79 Å². The van der Waals surface area contributed by atoms with Crippen molar-refractivity contribution in [2.24, 2.45) is 7.05 Å². The molecular weight excluding hydrogens is 358 g/mol. The first-order valence-electron chi connectivity index (χ1n) is 9.19. The summed E-state index contributed by atoms with van der Waals surface area (Å²) in [6.45, 7) is 4.57. The maximum Gasteiger partial charge on any atom is 0.332 e. The van der Waals surface area contributed by atoms with Gasteiger partial charge in [-0.2, -0.15) is 4.98 Å². The van der Waals surface area contributed by atoms with E-state index >= 15 is 0 Å². The fraction of sp³-hybridized carbons (Fsp3) is 0.350. The van der Waals surface area contributed by atoms with Crippen molar-refractivity contribution < 1.29 is 4.74 Å². The molecule has 0 saturated heterocycles. The molecule has 28 heavy (non-hydrogen) atoms. The van der Waals surface area contributed by atoms with E-state index in [1.165, 1.54) is 9.13 Å². The number of nitrogens with zero attached hydrogens (tertiary/aromatic N) is 5. The second-order valence-corrected chi connectivity index (χ2v) is 6.97. The number of fused-ring (bicyclic) bond motifs is 3. The molecule has 0 saturated carbocycles. The number of methoxy groups -OCH3 is 1. The van der Waals surface area contributed by atoms with Crippen LogP contribution in [0.5, 0.6) is 0 Å². The van der Waals surface area contributed by atoms with E-state index in [4.69, 9.17) is 4.74 Å². The van der Waals surface area contributed by atoms with Gasteiger partial charge in [-0.1, -0.05) is 30.3 Å². The summed E-state index contributed by atoms with van der Waals surface area (Å²) in [5.41, 5.74) is 2.16. The van der Waals surface area contributed by atoms with Gasteiger partial charge < -0.3 is 9.30 Å². The Morgan fingerprint density at radius 3 is 2.57 bits per heavy atom. The Hall–Kier alpha value is -3.13. The molecule has 8 nitrogen and oxygen atoms in total. The molecule has 0 amide bonds. The van der Waals surface area contributed by atoms with E-state index in [-0.39, 0.29) is 24.8 Å². The van der Waals surface area contributed by atoms with Gasteiger partial charge in [0.2, 0.25) is 5.78 Å². The van der Waals surface area contributed by atoms with Gasteiger partial charge in [-0.3, -0.25) is 18.3 Å². The van der Waals surface area contributed by atoms with Crippen LogP contribution in [0.4, 0.5) is 0 Å². The van der Waals surface area contributed by atoms with Gasteiger partial charge >= 0.3 is 5.69 Å². The van der Waals surface area contributed by atoms with Crippen LogP contribution >= 0.6 is 0 Å². The summed E-state index contributed by atoms with van der Waals surface area (Å²) in [7, 11) is 3.18. The number of benzene rings is 1. The molecule has 3 aromatic heterocycles. The van der Waals surface area contributed by atoms with E-state index in [0.29, 0.717) is 16.9 Å². The third-order valence-electron chi connectivity index (χ3n) is 5.26. The quantitative estimate of drug-likeness (QED) is 0.527. The highest BCUT2D eigenvalue weighted by atomic mass is 16.5. The van der Waals surface area contributed by atoms with Crippen molar-refractivity contribution >= 4 is 16.9 Å². The van der Waals surface area contributed by atoms with Gasteiger partial charge in [0.1, 0.15) is 0 Å². The maximum absolute atomic E-state index is 13.1. The molecule has 3 heterocycles. The van der Waals surface area contributed by atoms with Crippen molar-refractivity contribution in [1.29, 1.82) is 0 Å². The van der Waals surface area contributed by atoms with Gasteiger partial charge in [-0.15, -0.1) is 0 Å². The zero-order valence-electron chi connectivity index (χ0n) is 16.4. The van der Waals surface area contributed by atoms with Crippen LogP contribution in [-0.2, 0) is 18.3 Å². The molecule has 0 aliphatic rings. The van der Waals surface area contributed by atoms with E-state index in [1.54, 1.807) is 18.6 Å². The van der Waals surface area contributed by atoms with E-state index in [1.807, 2.05) is 31.3 Å². The molecule has 8 heteroatoms. The van der Waals surface area contributed by atoms with Crippen LogP contribution in [0.15, 0.2) is 46.1 Å². The third kappa shape index (κ3) is 2.60. The molecular formula is C20H23N5O3. The minimum Gasteiger partial charge on any atom is -0.383 e. The van der Waals surface area contributed by atoms with Crippen molar-refractivity contribution in [3.8, 4) is 0 Å². The Morgan fingerprint density at radius 1 is 1.18 bits per heavy atom. The topological polar surface area (TPSA) is 75.5 Å². The average molecular weight is 381 g/mol. The highest BCUT2D eigenvalue weighted by molar-refractivity contribution is 5.75. The Labute approximate surface area is 161 Å². The fourth-order valence-electron chi connectivity index (χ4n) is 3.77. The molecule has 0 fully saturated rings. The fourth-order valence-corrected chi connectivity index (χ4v) is 3.77. The molecule has 0 unspecified atom stereocenters. The zero-order valence-corrected chi connectivity index (χ0v) is 16.4.